The molecule has 1 unspecified atom stereocenters. The van der Waals surface area contributed by atoms with Crippen LogP contribution in [0.2, 0.25) is 0 Å². The van der Waals surface area contributed by atoms with E-state index >= 15 is 0 Å². The van der Waals surface area contributed by atoms with Gasteiger partial charge in [0.25, 0.3) is 0 Å². The quantitative estimate of drug-likeness (QED) is 0.762. The fourth-order valence-electron chi connectivity index (χ4n) is 2.16. The molecule has 0 aliphatic heterocycles. The van der Waals surface area contributed by atoms with Crippen molar-refractivity contribution in [1.29, 1.82) is 0 Å². The molecule has 1 N–H and O–H groups in total. The molecule has 0 fully saturated rings. The lowest BCUT2D eigenvalue weighted by Crippen LogP contribution is -2.08. The number of aryl methyl sites for hydroxylation is 2. The number of aromatic nitrogens is 2. The Bertz CT molecular complexity index is 347. The van der Waals surface area contributed by atoms with Crippen LogP contribution in [0, 0.1) is 0 Å². The van der Waals surface area contributed by atoms with Crippen molar-refractivity contribution in [3.63, 3.8) is 0 Å². The van der Waals surface area contributed by atoms with Crippen molar-refractivity contribution in [3.8, 4) is 0 Å². The fraction of sp³-hybridized carbons (Fsp3) is 0.769. The number of rotatable bonds is 7. The van der Waals surface area contributed by atoms with Gasteiger partial charge in [-0.1, -0.05) is 20.8 Å². The molecule has 0 saturated heterocycles. The molecule has 3 nitrogen and oxygen atoms in total. The van der Waals surface area contributed by atoms with E-state index in [0.29, 0.717) is 0 Å². The fourth-order valence-corrected chi connectivity index (χ4v) is 2.75. The van der Waals surface area contributed by atoms with Crippen LogP contribution < -0.4 is 0 Å². The van der Waals surface area contributed by atoms with E-state index in [1.54, 1.807) is 0 Å². The van der Waals surface area contributed by atoms with E-state index in [1.165, 1.54) is 5.69 Å². The summed E-state index contributed by atoms with van der Waals surface area (Å²) in [5.41, 5.74) is 3.31. The van der Waals surface area contributed by atoms with E-state index in [1.807, 2.05) is 18.7 Å². The van der Waals surface area contributed by atoms with Crippen molar-refractivity contribution in [2.45, 2.75) is 53.2 Å². The summed E-state index contributed by atoms with van der Waals surface area (Å²) < 4.78 is 2.09. The maximum Gasteiger partial charge on any atom is 0.0798 e. The van der Waals surface area contributed by atoms with Crippen LogP contribution in [0.1, 0.15) is 50.8 Å². The molecule has 1 atom stereocenters. The summed E-state index contributed by atoms with van der Waals surface area (Å²) in [4.78, 5) is 0. The van der Waals surface area contributed by atoms with Gasteiger partial charge in [-0.05, 0) is 25.5 Å². The molecule has 0 amide bonds. The van der Waals surface area contributed by atoms with Crippen LogP contribution >= 0.6 is 11.8 Å². The minimum absolute atomic E-state index is 0.410. The average molecular weight is 256 g/mol. The number of aliphatic hydroxyl groups excluding tert-OH is 1. The highest BCUT2D eigenvalue weighted by molar-refractivity contribution is 7.99. The zero-order chi connectivity index (χ0) is 12.8. The molecular weight excluding hydrogens is 232 g/mol. The molecule has 1 rings (SSSR count). The summed E-state index contributed by atoms with van der Waals surface area (Å²) in [6.07, 6.45) is 1.41. The number of nitrogens with zero attached hydrogens (tertiary/aromatic N) is 2. The minimum atomic E-state index is -0.410. The second-order valence-corrected chi connectivity index (χ2v) is 5.50. The zero-order valence-electron chi connectivity index (χ0n) is 11.4. The number of hydrogen-bond donors (Lipinski definition) is 1. The standard InChI is InChI=1S/C13H24N2OS/c1-5-11-13(10(4)16)12(6-2)15(14-11)8-9-17-7-3/h10,16H,5-9H2,1-4H3. The van der Waals surface area contributed by atoms with Crippen LogP contribution in [0.25, 0.3) is 0 Å². The SMILES string of the molecule is CCSCCn1nc(CC)c(C(C)O)c1CC. The molecule has 1 heterocycles. The third-order valence-corrected chi connectivity index (χ3v) is 3.79. The molecular formula is C13H24N2OS. The monoisotopic (exact) mass is 256 g/mol. The van der Waals surface area contributed by atoms with E-state index in [2.05, 4.69) is 30.6 Å². The first-order valence-corrected chi connectivity index (χ1v) is 7.65. The Morgan fingerprint density at radius 3 is 2.47 bits per heavy atom. The van der Waals surface area contributed by atoms with Gasteiger partial charge in [0.2, 0.25) is 0 Å². The molecule has 4 heteroatoms. The molecule has 0 aliphatic carbocycles. The van der Waals surface area contributed by atoms with Gasteiger partial charge in [0, 0.05) is 17.0 Å². The van der Waals surface area contributed by atoms with Gasteiger partial charge in [-0.2, -0.15) is 16.9 Å². The minimum Gasteiger partial charge on any atom is -0.389 e. The third-order valence-electron chi connectivity index (χ3n) is 2.91. The molecule has 0 spiro atoms. The summed E-state index contributed by atoms with van der Waals surface area (Å²) in [6.45, 7) is 9.18. The predicted octanol–water partition coefficient (Wildman–Crippen LogP) is 2.81. The molecule has 0 aliphatic rings. The van der Waals surface area contributed by atoms with E-state index in [0.717, 1.165) is 42.1 Å². The second-order valence-electron chi connectivity index (χ2n) is 4.11. The highest BCUT2D eigenvalue weighted by Gasteiger charge is 2.18. The molecule has 17 heavy (non-hydrogen) atoms. The van der Waals surface area contributed by atoms with Crippen LogP contribution in [0.4, 0.5) is 0 Å². The Morgan fingerprint density at radius 1 is 1.29 bits per heavy atom. The molecule has 1 aromatic rings. The van der Waals surface area contributed by atoms with Crippen molar-refractivity contribution in [1.82, 2.24) is 9.78 Å². The van der Waals surface area contributed by atoms with Crippen molar-refractivity contribution >= 4 is 11.8 Å². The van der Waals surface area contributed by atoms with E-state index < -0.39 is 6.10 Å². The lowest BCUT2D eigenvalue weighted by Gasteiger charge is -2.09. The maximum absolute atomic E-state index is 9.87. The zero-order valence-corrected chi connectivity index (χ0v) is 12.2. The Hall–Kier alpha value is -0.480. The summed E-state index contributed by atoms with van der Waals surface area (Å²) in [7, 11) is 0. The first-order valence-electron chi connectivity index (χ1n) is 6.49. The Kier molecular flexibility index (Phi) is 6.06. The van der Waals surface area contributed by atoms with E-state index in [4.69, 9.17) is 0 Å². The largest absolute Gasteiger partial charge is 0.389 e. The first kappa shape index (κ1) is 14.6. The van der Waals surface area contributed by atoms with Gasteiger partial charge in [-0.3, -0.25) is 4.68 Å². The van der Waals surface area contributed by atoms with Gasteiger partial charge in [-0.25, -0.2) is 0 Å². The molecule has 0 radical (unpaired) electrons. The number of hydrogen-bond acceptors (Lipinski definition) is 3. The molecule has 0 saturated carbocycles. The molecule has 1 aromatic heterocycles. The summed E-state index contributed by atoms with van der Waals surface area (Å²) in [5, 5.41) is 14.5. The third kappa shape index (κ3) is 3.49. The molecule has 0 bridgehead atoms. The normalized spacial score (nSPS) is 13.0. The van der Waals surface area contributed by atoms with Crippen molar-refractivity contribution in [2.24, 2.45) is 0 Å². The molecule has 98 valence electrons. The van der Waals surface area contributed by atoms with Crippen LogP contribution in [0.15, 0.2) is 0 Å². The van der Waals surface area contributed by atoms with Gasteiger partial charge in [-0.15, -0.1) is 0 Å². The summed E-state index contributed by atoms with van der Waals surface area (Å²) in [5.74, 6) is 2.24. The van der Waals surface area contributed by atoms with Gasteiger partial charge >= 0.3 is 0 Å². The summed E-state index contributed by atoms with van der Waals surface area (Å²) in [6, 6.07) is 0. The lowest BCUT2D eigenvalue weighted by molar-refractivity contribution is 0.197. The second kappa shape index (κ2) is 7.07. The Labute approximate surface area is 109 Å². The first-order chi connectivity index (χ1) is 8.15. The predicted molar refractivity (Wildman–Crippen MR) is 74.6 cm³/mol. The van der Waals surface area contributed by atoms with Crippen molar-refractivity contribution in [2.75, 3.05) is 11.5 Å². The lowest BCUT2D eigenvalue weighted by atomic mass is 10.0. The molecule has 0 aromatic carbocycles. The van der Waals surface area contributed by atoms with Gasteiger partial charge in [0.1, 0.15) is 0 Å². The smallest absolute Gasteiger partial charge is 0.0798 e. The van der Waals surface area contributed by atoms with Crippen LogP contribution in [-0.4, -0.2) is 26.4 Å². The van der Waals surface area contributed by atoms with Crippen LogP contribution in [0.3, 0.4) is 0 Å². The van der Waals surface area contributed by atoms with Crippen LogP contribution in [-0.2, 0) is 19.4 Å². The Balaban J connectivity index is 2.96. The van der Waals surface area contributed by atoms with Gasteiger partial charge in [0.05, 0.1) is 18.3 Å². The highest BCUT2D eigenvalue weighted by atomic mass is 32.2. The number of thioether (sulfide) groups is 1. The highest BCUT2D eigenvalue weighted by Crippen LogP contribution is 2.23. The van der Waals surface area contributed by atoms with Crippen LogP contribution in [0.5, 0.6) is 0 Å². The van der Waals surface area contributed by atoms with E-state index in [-0.39, 0.29) is 0 Å². The van der Waals surface area contributed by atoms with E-state index in [9.17, 15) is 5.11 Å². The van der Waals surface area contributed by atoms with Crippen molar-refractivity contribution in [3.05, 3.63) is 17.0 Å². The number of aliphatic hydroxyl groups is 1. The van der Waals surface area contributed by atoms with Crippen molar-refractivity contribution < 1.29 is 5.11 Å². The maximum atomic E-state index is 9.87. The average Bonchev–Trinajstić information content (AvgIpc) is 2.67. The Morgan fingerprint density at radius 2 is 2.00 bits per heavy atom. The summed E-state index contributed by atoms with van der Waals surface area (Å²) >= 11 is 1.93. The van der Waals surface area contributed by atoms with Gasteiger partial charge in [0.15, 0.2) is 0 Å². The van der Waals surface area contributed by atoms with Gasteiger partial charge < -0.3 is 5.11 Å². The topological polar surface area (TPSA) is 38.0 Å².